The summed E-state index contributed by atoms with van der Waals surface area (Å²) in [5, 5.41) is 2.54. The van der Waals surface area contributed by atoms with E-state index in [1.165, 1.54) is 0 Å². The van der Waals surface area contributed by atoms with Crippen LogP contribution in [0.5, 0.6) is 0 Å². The number of benzene rings is 1. The lowest BCUT2D eigenvalue weighted by atomic mass is 10.3. The maximum atomic E-state index is 12.9. The lowest BCUT2D eigenvalue weighted by Gasteiger charge is -2.08. The van der Waals surface area contributed by atoms with Crippen molar-refractivity contribution in [2.24, 2.45) is 0 Å². The van der Waals surface area contributed by atoms with Gasteiger partial charge in [0, 0.05) is 11.0 Å². The number of hydrogen-bond donors (Lipinski definition) is 2. The van der Waals surface area contributed by atoms with Gasteiger partial charge in [0.15, 0.2) is 0 Å². The topological polar surface area (TPSA) is 75.3 Å². The van der Waals surface area contributed by atoms with Crippen molar-refractivity contribution in [2.75, 3.05) is 13.1 Å². The number of hydrogen-bond acceptors (Lipinski definition) is 3. The van der Waals surface area contributed by atoms with Gasteiger partial charge in [-0.2, -0.15) is 0 Å². The van der Waals surface area contributed by atoms with Gasteiger partial charge in [0.2, 0.25) is 15.9 Å². The van der Waals surface area contributed by atoms with Crippen molar-refractivity contribution in [1.82, 2.24) is 10.0 Å². The predicted octanol–water partition coefficient (Wildman–Crippen LogP) is 1.39. The van der Waals surface area contributed by atoms with Crippen molar-refractivity contribution >= 4 is 31.9 Å². The minimum atomic E-state index is -3.85. The van der Waals surface area contributed by atoms with Crippen LogP contribution in [0.1, 0.15) is 13.3 Å². The number of nitrogens with one attached hydrogen (secondary N) is 2. The molecule has 1 amide bonds. The summed E-state index contributed by atoms with van der Waals surface area (Å²) in [7, 11) is -3.85. The van der Waals surface area contributed by atoms with Crippen molar-refractivity contribution in [3.8, 4) is 0 Å². The largest absolute Gasteiger partial charge is 0.355 e. The van der Waals surface area contributed by atoms with Crippen LogP contribution in [0, 0.1) is 5.82 Å². The molecule has 0 aliphatic carbocycles. The molecule has 1 aromatic carbocycles. The SMILES string of the molecule is CCCNC(=O)CNS(=O)(=O)c1ccc(F)cc1Br. The zero-order chi connectivity index (χ0) is 14.5. The van der Waals surface area contributed by atoms with E-state index in [0.29, 0.717) is 6.54 Å². The number of amides is 1. The minimum Gasteiger partial charge on any atom is -0.355 e. The van der Waals surface area contributed by atoms with Gasteiger partial charge in [-0.25, -0.2) is 17.5 Å². The summed E-state index contributed by atoms with van der Waals surface area (Å²) < 4.78 is 38.9. The molecule has 2 N–H and O–H groups in total. The summed E-state index contributed by atoms with van der Waals surface area (Å²) >= 11 is 2.97. The van der Waals surface area contributed by atoms with Gasteiger partial charge in [0.05, 0.1) is 11.4 Å². The highest BCUT2D eigenvalue weighted by molar-refractivity contribution is 9.10. The second-order valence-corrected chi connectivity index (χ2v) is 6.34. The molecule has 0 heterocycles. The molecule has 0 saturated carbocycles. The molecule has 8 heteroatoms. The summed E-state index contributed by atoms with van der Waals surface area (Å²) in [6.07, 6.45) is 0.766. The average molecular weight is 353 g/mol. The van der Waals surface area contributed by atoms with Gasteiger partial charge in [-0.15, -0.1) is 0 Å². The Balaban J connectivity index is 2.73. The van der Waals surface area contributed by atoms with E-state index in [9.17, 15) is 17.6 Å². The first-order valence-electron chi connectivity index (χ1n) is 5.58. The molecule has 19 heavy (non-hydrogen) atoms. The second kappa shape index (κ2) is 6.97. The molecule has 0 aliphatic heterocycles. The summed E-state index contributed by atoms with van der Waals surface area (Å²) in [5.41, 5.74) is 0. The molecule has 0 radical (unpaired) electrons. The molecule has 0 aromatic heterocycles. The molecule has 1 aromatic rings. The number of rotatable bonds is 6. The van der Waals surface area contributed by atoms with Crippen molar-refractivity contribution in [2.45, 2.75) is 18.2 Å². The van der Waals surface area contributed by atoms with Crippen molar-refractivity contribution < 1.29 is 17.6 Å². The van der Waals surface area contributed by atoms with Crippen molar-refractivity contribution in [1.29, 1.82) is 0 Å². The fourth-order valence-corrected chi connectivity index (χ4v) is 3.29. The fourth-order valence-electron chi connectivity index (χ4n) is 1.26. The van der Waals surface area contributed by atoms with Crippen LogP contribution in [0.2, 0.25) is 0 Å². The molecule has 5 nitrogen and oxygen atoms in total. The Morgan fingerprint density at radius 1 is 1.42 bits per heavy atom. The normalized spacial score (nSPS) is 11.3. The van der Waals surface area contributed by atoms with Crippen LogP contribution >= 0.6 is 15.9 Å². The summed E-state index contributed by atoms with van der Waals surface area (Å²) in [6, 6.07) is 3.22. The van der Waals surface area contributed by atoms with Crippen LogP contribution in [0.25, 0.3) is 0 Å². The first-order valence-corrected chi connectivity index (χ1v) is 7.86. The lowest BCUT2D eigenvalue weighted by molar-refractivity contribution is -0.119. The van der Waals surface area contributed by atoms with Gasteiger partial charge in [0.25, 0.3) is 0 Å². The van der Waals surface area contributed by atoms with Crippen LogP contribution in [-0.4, -0.2) is 27.4 Å². The third kappa shape index (κ3) is 4.88. The molecular weight excluding hydrogens is 339 g/mol. The molecule has 0 atom stereocenters. The maximum Gasteiger partial charge on any atom is 0.242 e. The Kier molecular flexibility index (Phi) is 5.89. The summed E-state index contributed by atoms with van der Waals surface area (Å²) in [4.78, 5) is 11.2. The van der Waals surface area contributed by atoms with E-state index >= 15 is 0 Å². The first kappa shape index (κ1) is 16.1. The quantitative estimate of drug-likeness (QED) is 0.812. The second-order valence-electron chi connectivity index (χ2n) is 3.75. The molecule has 106 valence electrons. The Hall–Kier alpha value is -0.990. The van der Waals surface area contributed by atoms with Crippen LogP contribution in [0.4, 0.5) is 4.39 Å². The van der Waals surface area contributed by atoms with Gasteiger partial charge in [-0.3, -0.25) is 4.79 Å². The molecule has 0 fully saturated rings. The highest BCUT2D eigenvalue weighted by Crippen LogP contribution is 2.22. The van der Waals surface area contributed by atoms with Gasteiger partial charge < -0.3 is 5.32 Å². The zero-order valence-corrected chi connectivity index (χ0v) is 12.6. The van der Waals surface area contributed by atoms with Gasteiger partial charge in [0.1, 0.15) is 5.82 Å². The van der Waals surface area contributed by atoms with Gasteiger partial charge >= 0.3 is 0 Å². The lowest BCUT2D eigenvalue weighted by Crippen LogP contribution is -2.37. The monoisotopic (exact) mass is 352 g/mol. The van der Waals surface area contributed by atoms with Crippen molar-refractivity contribution in [3.05, 3.63) is 28.5 Å². The van der Waals surface area contributed by atoms with E-state index in [1.807, 2.05) is 6.92 Å². The highest BCUT2D eigenvalue weighted by atomic mass is 79.9. The third-order valence-electron chi connectivity index (χ3n) is 2.18. The maximum absolute atomic E-state index is 12.9. The van der Waals surface area contributed by atoms with Crippen LogP contribution in [-0.2, 0) is 14.8 Å². The number of carbonyl (C=O) groups excluding carboxylic acids is 1. The number of sulfonamides is 1. The standard InChI is InChI=1S/C11H14BrFN2O3S/c1-2-5-14-11(16)7-15-19(17,18)10-4-3-8(13)6-9(10)12/h3-4,6,15H,2,5,7H2,1H3,(H,14,16). The molecule has 1 rings (SSSR count). The van der Waals surface area contributed by atoms with Gasteiger partial charge in [-0.1, -0.05) is 6.92 Å². The van der Waals surface area contributed by atoms with E-state index in [2.05, 4.69) is 26.0 Å². The molecular formula is C11H14BrFN2O3S. The predicted molar refractivity (Wildman–Crippen MR) is 72.6 cm³/mol. The molecule has 0 spiro atoms. The smallest absolute Gasteiger partial charge is 0.242 e. The van der Waals surface area contributed by atoms with E-state index in [-0.39, 0.29) is 15.9 Å². The van der Waals surface area contributed by atoms with E-state index in [4.69, 9.17) is 0 Å². The van der Waals surface area contributed by atoms with E-state index < -0.39 is 21.7 Å². The minimum absolute atomic E-state index is 0.106. The van der Waals surface area contributed by atoms with Crippen LogP contribution < -0.4 is 10.0 Å². The highest BCUT2D eigenvalue weighted by Gasteiger charge is 2.18. The van der Waals surface area contributed by atoms with Gasteiger partial charge in [-0.05, 0) is 40.5 Å². The Morgan fingerprint density at radius 3 is 2.68 bits per heavy atom. The fraction of sp³-hybridized carbons (Fsp3) is 0.364. The molecule has 0 aliphatic rings. The Bertz CT molecular complexity index is 563. The third-order valence-corrected chi connectivity index (χ3v) is 4.56. The number of carbonyl (C=O) groups is 1. The van der Waals surface area contributed by atoms with E-state index in [1.54, 1.807) is 0 Å². The first-order chi connectivity index (χ1) is 8.86. The summed E-state index contributed by atoms with van der Waals surface area (Å²) in [6.45, 7) is 2.02. The zero-order valence-electron chi connectivity index (χ0n) is 10.2. The van der Waals surface area contributed by atoms with Crippen LogP contribution in [0.15, 0.2) is 27.6 Å². The van der Waals surface area contributed by atoms with Crippen molar-refractivity contribution in [3.63, 3.8) is 0 Å². The Morgan fingerprint density at radius 2 is 2.11 bits per heavy atom. The van der Waals surface area contributed by atoms with E-state index in [0.717, 1.165) is 24.6 Å². The van der Waals surface area contributed by atoms with Crippen LogP contribution in [0.3, 0.4) is 0 Å². The average Bonchev–Trinajstić information content (AvgIpc) is 2.33. The Labute approximate surface area is 119 Å². The molecule has 0 unspecified atom stereocenters. The number of halogens is 2. The summed E-state index contributed by atoms with van der Waals surface area (Å²) in [5.74, 6) is -0.963. The molecule has 0 saturated heterocycles. The molecule has 0 bridgehead atoms.